The van der Waals surface area contributed by atoms with Crippen molar-refractivity contribution in [2.45, 2.75) is 111 Å². The zero-order chi connectivity index (χ0) is 38.4. The number of esters is 2. The van der Waals surface area contributed by atoms with Crippen molar-refractivity contribution in [3.05, 3.63) is 83.4 Å². The molecule has 8 nitrogen and oxygen atoms in total. The Morgan fingerprint density at radius 1 is 0.792 bits per heavy atom. The molecule has 53 heavy (non-hydrogen) atoms. The molecule has 0 saturated heterocycles. The van der Waals surface area contributed by atoms with Gasteiger partial charge in [-0.3, -0.25) is 4.79 Å². The van der Waals surface area contributed by atoms with Gasteiger partial charge in [-0.1, -0.05) is 101 Å². The number of rotatable bonds is 20. The van der Waals surface area contributed by atoms with Gasteiger partial charge in [0.05, 0.1) is 24.2 Å². The fourth-order valence-electron chi connectivity index (χ4n) is 7.09. The van der Waals surface area contributed by atoms with Crippen LogP contribution in [-0.4, -0.2) is 49.0 Å². The highest BCUT2D eigenvalue weighted by Crippen LogP contribution is 2.41. The van der Waals surface area contributed by atoms with E-state index in [-0.39, 0.29) is 23.7 Å². The maximum absolute atomic E-state index is 12.3. The van der Waals surface area contributed by atoms with Crippen LogP contribution in [0.25, 0.3) is 22.3 Å². The summed E-state index contributed by atoms with van der Waals surface area (Å²) in [6.45, 7) is 11.5. The zero-order valence-corrected chi connectivity index (χ0v) is 32.5. The average molecular weight is 729 g/mol. The van der Waals surface area contributed by atoms with Crippen LogP contribution in [0.5, 0.6) is 11.5 Å². The summed E-state index contributed by atoms with van der Waals surface area (Å²) in [5.74, 6) is 0.679. The number of hydrogen-bond donors (Lipinski definition) is 2. The van der Waals surface area contributed by atoms with Crippen molar-refractivity contribution >= 4 is 11.9 Å². The van der Waals surface area contributed by atoms with E-state index in [1.807, 2.05) is 6.07 Å². The second-order valence-electron chi connectivity index (χ2n) is 15.1. The Morgan fingerprint density at radius 3 is 2.13 bits per heavy atom. The monoisotopic (exact) mass is 728 g/mol. The molecular formula is C45H60O8. The standard InChI is InChI=1S/C45H60O8/c1-7-9-10-11-12-13-33-14-16-35(17-15-33)39-21-18-36(24-31(39)3)37-19-22-40(34(8-2)25-37)38-20-23-41(50-30-53-44(49)45(5,6)28-47)42(26-38)51-29-52-43(48)32(4)27-46/h18-26,33,35,46-47H,4,7-17,27-30H2,1-3,5-6H3. The minimum atomic E-state index is -1.08. The van der Waals surface area contributed by atoms with Crippen LogP contribution in [0.4, 0.5) is 0 Å². The van der Waals surface area contributed by atoms with E-state index >= 15 is 0 Å². The maximum Gasteiger partial charge on any atom is 0.338 e. The molecular weight excluding hydrogens is 668 g/mol. The van der Waals surface area contributed by atoms with Crippen LogP contribution >= 0.6 is 0 Å². The lowest BCUT2D eigenvalue weighted by atomic mass is 9.76. The lowest BCUT2D eigenvalue weighted by molar-refractivity contribution is -0.163. The third kappa shape index (κ3) is 11.7. The fraction of sp³-hybridized carbons (Fsp3) is 0.511. The minimum absolute atomic E-state index is 0.0966. The van der Waals surface area contributed by atoms with E-state index in [0.717, 1.165) is 34.6 Å². The predicted molar refractivity (Wildman–Crippen MR) is 210 cm³/mol. The molecule has 8 heteroatoms. The molecule has 3 aromatic carbocycles. The number of carbonyl (C=O) groups excluding carboxylic acids is 2. The summed E-state index contributed by atoms with van der Waals surface area (Å²) in [5.41, 5.74) is 7.08. The quantitative estimate of drug-likeness (QED) is 0.0512. The van der Waals surface area contributed by atoms with Gasteiger partial charge in [-0.2, -0.15) is 0 Å². The number of aliphatic hydroxyl groups is 2. The summed E-state index contributed by atoms with van der Waals surface area (Å²) >= 11 is 0. The van der Waals surface area contributed by atoms with Gasteiger partial charge in [-0.15, -0.1) is 0 Å². The van der Waals surface area contributed by atoms with Crippen LogP contribution in [0.1, 0.15) is 115 Å². The molecule has 288 valence electrons. The molecule has 0 aliphatic heterocycles. The van der Waals surface area contributed by atoms with E-state index in [9.17, 15) is 19.8 Å². The van der Waals surface area contributed by atoms with E-state index in [1.165, 1.54) is 80.9 Å². The van der Waals surface area contributed by atoms with Gasteiger partial charge in [-0.25, -0.2) is 4.79 Å². The molecule has 1 saturated carbocycles. The second kappa shape index (κ2) is 20.4. The smallest absolute Gasteiger partial charge is 0.338 e. The molecule has 2 N–H and O–H groups in total. The molecule has 0 heterocycles. The first kappa shape index (κ1) is 41.6. The molecule has 1 aliphatic carbocycles. The molecule has 0 bridgehead atoms. The topological polar surface area (TPSA) is 112 Å². The maximum atomic E-state index is 12.3. The third-order valence-electron chi connectivity index (χ3n) is 10.6. The Labute approximate surface area is 316 Å². The summed E-state index contributed by atoms with van der Waals surface area (Å²) < 4.78 is 21.9. The van der Waals surface area contributed by atoms with Crippen molar-refractivity contribution in [3.63, 3.8) is 0 Å². The highest BCUT2D eigenvalue weighted by molar-refractivity contribution is 5.87. The minimum Gasteiger partial charge on any atom is -0.453 e. The van der Waals surface area contributed by atoms with Crippen molar-refractivity contribution < 1.29 is 38.7 Å². The van der Waals surface area contributed by atoms with Crippen LogP contribution < -0.4 is 9.47 Å². The van der Waals surface area contributed by atoms with Gasteiger partial charge in [0, 0.05) is 0 Å². The molecule has 0 unspecified atom stereocenters. The van der Waals surface area contributed by atoms with Gasteiger partial charge in [0.15, 0.2) is 11.5 Å². The average Bonchev–Trinajstić information content (AvgIpc) is 3.17. The number of benzene rings is 3. The summed E-state index contributed by atoms with van der Waals surface area (Å²) in [6, 6.07) is 18.9. The van der Waals surface area contributed by atoms with Gasteiger partial charge in [0.1, 0.15) is 0 Å². The molecule has 0 atom stereocenters. The van der Waals surface area contributed by atoms with Gasteiger partial charge in [-0.05, 0) is 116 Å². The Balaban J connectivity index is 1.48. The molecule has 1 aliphatic rings. The van der Waals surface area contributed by atoms with Crippen molar-refractivity contribution in [1.82, 2.24) is 0 Å². The summed E-state index contributed by atoms with van der Waals surface area (Å²) in [7, 11) is 0. The van der Waals surface area contributed by atoms with E-state index < -0.39 is 37.5 Å². The SMILES string of the molecule is C=C(CO)C(=O)OCOc1cc(-c2ccc(-c3ccc(C4CCC(CCCCCCC)CC4)c(C)c3)cc2CC)ccc1OCOC(=O)C(C)(C)CO. The highest BCUT2D eigenvalue weighted by Gasteiger charge is 2.29. The Kier molecular flexibility index (Phi) is 16.0. The van der Waals surface area contributed by atoms with Crippen molar-refractivity contribution in [3.8, 4) is 33.8 Å². The highest BCUT2D eigenvalue weighted by atomic mass is 16.7. The summed E-state index contributed by atoms with van der Waals surface area (Å²) in [4.78, 5) is 24.4. The van der Waals surface area contributed by atoms with E-state index in [0.29, 0.717) is 5.92 Å². The van der Waals surface area contributed by atoms with Crippen LogP contribution in [0.15, 0.2) is 66.7 Å². The lowest BCUT2D eigenvalue weighted by Gasteiger charge is -2.30. The fourth-order valence-corrected chi connectivity index (χ4v) is 7.09. The number of carbonyl (C=O) groups is 2. The first-order chi connectivity index (χ1) is 25.5. The van der Waals surface area contributed by atoms with E-state index in [4.69, 9.17) is 18.9 Å². The zero-order valence-electron chi connectivity index (χ0n) is 32.5. The van der Waals surface area contributed by atoms with E-state index in [2.05, 4.69) is 63.7 Å². The van der Waals surface area contributed by atoms with Gasteiger partial charge in [0.2, 0.25) is 13.6 Å². The normalized spacial score (nSPS) is 15.8. The van der Waals surface area contributed by atoms with Gasteiger partial charge < -0.3 is 29.2 Å². The number of aryl methyl sites for hydroxylation is 2. The van der Waals surface area contributed by atoms with E-state index in [1.54, 1.807) is 26.0 Å². The molecule has 0 spiro atoms. The van der Waals surface area contributed by atoms with Crippen molar-refractivity contribution in [2.24, 2.45) is 11.3 Å². The molecule has 0 amide bonds. The number of ether oxygens (including phenoxy) is 4. The number of hydrogen-bond acceptors (Lipinski definition) is 8. The second-order valence-corrected chi connectivity index (χ2v) is 15.1. The van der Waals surface area contributed by atoms with Crippen LogP contribution in [0.3, 0.4) is 0 Å². The molecule has 1 fully saturated rings. The van der Waals surface area contributed by atoms with Crippen LogP contribution in [0, 0.1) is 18.3 Å². The Hall–Kier alpha value is -4.14. The molecule has 0 radical (unpaired) electrons. The summed E-state index contributed by atoms with van der Waals surface area (Å²) in [6.07, 6.45) is 14.3. The van der Waals surface area contributed by atoms with Gasteiger partial charge >= 0.3 is 11.9 Å². The summed E-state index contributed by atoms with van der Waals surface area (Å²) in [5, 5.41) is 18.7. The lowest BCUT2D eigenvalue weighted by Crippen LogP contribution is -2.31. The van der Waals surface area contributed by atoms with Crippen LogP contribution in [-0.2, 0) is 25.5 Å². The molecule has 4 rings (SSSR count). The van der Waals surface area contributed by atoms with Crippen molar-refractivity contribution in [1.29, 1.82) is 0 Å². The largest absolute Gasteiger partial charge is 0.453 e. The third-order valence-corrected chi connectivity index (χ3v) is 10.6. The molecule has 0 aromatic heterocycles. The Bertz CT molecular complexity index is 1670. The van der Waals surface area contributed by atoms with Crippen LogP contribution in [0.2, 0.25) is 0 Å². The number of unbranched alkanes of at least 4 members (excludes halogenated alkanes) is 4. The Morgan fingerprint density at radius 2 is 1.45 bits per heavy atom. The predicted octanol–water partition coefficient (Wildman–Crippen LogP) is 9.85. The first-order valence-electron chi connectivity index (χ1n) is 19.4. The first-order valence-corrected chi connectivity index (χ1v) is 19.4. The van der Waals surface area contributed by atoms with Gasteiger partial charge in [0.25, 0.3) is 0 Å². The molecule has 3 aromatic rings. The number of aliphatic hydroxyl groups excluding tert-OH is 2. The van der Waals surface area contributed by atoms with Crippen molar-refractivity contribution in [2.75, 3.05) is 26.8 Å².